The summed E-state index contributed by atoms with van der Waals surface area (Å²) < 4.78 is 15.2. The summed E-state index contributed by atoms with van der Waals surface area (Å²) in [6, 6.07) is 7.84. The molecule has 5 heteroatoms. The lowest BCUT2D eigenvalue weighted by atomic mass is 10.1. The third kappa shape index (κ3) is 2.83. The van der Waals surface area contributed by atoms with E-state index in [1.54, 1.807) is 22.8 Å². The first-order chi connectivity index (χ1) is 10.1. The second-order valence-electron chi connectivity index (χ2n) is 5.59. The molecule has 3 nitrogen and oxygen atoms in total. The van der Waals surface area contributed by atoms with Gasteiger partial charge in [0.1, 0.15) is 5.82 Å². The van der Waals surface area contributed by atoms with Crippen molar-refractivity contribution in [1.82, 2.24) is 9.47 Å². The highest BCUT2D eigenvalue weighted by molar-refractivity contribution is 6.20. The third-order valence-electron chi connectivity index (χ3n) is 4.26. The number of hydrogen-bond acceptors (Lipinski definition) is 2. The molecule has 0 radical (unpaired) electrons. The normalized spacial score (nSPS) is 19.0. The number of halogens is 2. The first-order valence-corrected chi connectivity index (χ1v) is 7.69. The Morgan fingerprint density at radius 2 is 1.90 bits per heavy atom. The van der Waals surface area contributed by atoms with Crippen LogP contribution in [0.1, 0.15) is 25.9 Å². The summed E-state index contributed by atoms with van der Waals surface area (Å²) in [6.07, 6.45) is 1.73. The number of fused-ring (bicyclic) bond motifs is 1. The number of pyridine rings is 1. The molecule has 0 N–H and O–H groups in total. The van der Waals surface area contributed by atoms with Gasteiger partial charge >= 0.3 is 0 Å². The highest BCUT2D eigenvalue weighted by Gasteiger charge is 2.23. The van der Waals surface area contributed by atoms with Gasteiger partial charge in [-0.1, -0.05) is 0 Å². The molecular formula is C16H18ClFN2O. The van der Waals surface area contributed by atoms with Crippen LogP contribution in [0.25, 0.3) is 10.9 Å². The maximum Gasteiger partial charge on any atom is 0.252 e. The fraction of sp³-hybridized carbons (Fsp3) is 0.438. The van der Waals surface area contributed by atoms with Crippen LogP contribution in [0.2, 0.25) is 0 Å². The number of piperidine rings is 1. The summed E-state index contributed by atoms with van der Waals surface area (Å²) in [7, 11) is 0. The summed E-state index contributed by atoms with van der Waals surface area (Å²) in [5, 5.41) is 1.09. The Morgan fingerprint density at radius 3 is 2.62 bits per heavy atom. The average molecular weight is 309 g/mol. The fourth-order valence-corrected chi connectivity index (χ4v) is 3.21. The minimum atomic E-state index is -0.325. The van der Waals surface area contributed by atoms with Crippen LogP contribution < -0.4 is 5.56 Å². The molecule has 112 valence electrons. The van der Waals surface area contributed by atoms with Crippen molar-refractivity contribution >= 4 is 22.5 Å². The Kier molecular flexibility index (Phi) is 4.00. The zero-order valence-corrected chi connectivity index (χ0v) is 12.7. The Morgan fingerprint density at radius 1 is 1.24 bits per heavy atom. The van der Waals surface area contributed by atoms with E-state index in [4.69, 9.17) is 11.6 Å². The smallest absolute Gasteiger partial charge is 0.252 e. The Labute approximate surface area is 127 Å². The predicted octanol–water partition coefficient (Wildman–Crippen LogP) is 3.36. The van der Waals surface area contributed by atoms with Crippen LogP contribution in [-0.4, -0.2) is 27.9 Å². The van der Waals surface area contributed by atoms with Crippen molar-refractivity contribution in [2.24, 2.45) is 0 Å². The molecule has 0 saturated carbocycles. The largest absolute Gasteiger partial charge is 0.292 e. The molecule has 0 spiro atoms. The summed E-state index contributed by atoms with van der Waals surface area (Å²) in [6.45, 7) is 3.70. The van der Waals surface area contributed by atoms with Crippen LogP contribution in [0.3, 0.4) is 0 Å². The molecule has 1 aromatic heterocycles. The van der Waals surface area contributed by atoms with E-state index in [9.17, 15) is 9.18 Å². The molecule has 2 heterocycles. The zero-order valence-electron chi connectivity index (χ0n) is 11.9. The first-order valence-electron chi connectivity index (χ1n) is 7.25. The summed E-state index contributed by atoms with van der Waals surface area (Å²) in [4.78, 5) is 14.5. The van der Waals surface area contributed by atoms with Crippen LogP contribution in [0.4, 0.5) is 4.39 Å². The second-order valence-corrected chi connectivity index (χ2v) is 6.20. The van der Waals surface area contributed by atoms with Crippen molar-refractivity contribution in [2.75, 3.05) is 13.1 Å². The van der Waals surface area contributed by atoms with E-state index in [1.807, 2.05) is 6.92 Å². The first kappa shape index (κ1) is 14.5. The van der Waals surface area contributed by atoms with Gasteiger partial charge in [0.2, 0.25) is 0 Å². The van der Waals surface area contributed by atoms with Gasteiger partial charge in [-0.3, -0.25) is 14.3 Å². The average Bonchev–Trinajstić information content (AvgIpc) is 2.47. The molecule has 2 aromatic rings. The molecule has 1 aromatic carbocycles. The molecular weight excluding hydrogens is 291 g/mol. The van der Waals surface area contributed by atoms with Gasteiger partial charge in [-0.25, -0.2) is 4.39 Å². The molecule has 0 amide bonds. The van der Waals surface area contributed by atoms with Crippen LogP contribution in [0.15, 0.2) is 35.1 Å². The molecule has 1 atom stereocenters. The van der Waals surface area contributed by atoms with Crippen molar-refractivity contribution in [2.45, 2.75) is 31.3 Å². The number of nitrogens with zero attached hydrogens (tertiary/aromatic N) is 2. The lowest BCUT2D eigenvalue weighted by molar-refractivity contribution is 0.129. The molecule has 1 unspecified atom stereocenters. The van der Waals surface area contributed by atoms with Crippen LogP contribution >= 0.6 is 11.6 Å². The SMILES string of the molecule is CC(N1CCC(Cl)CC1)n1c(=O)ccc2ccc(F)cc21. The summed E-state index contributed by atoms with van der Waals surface area (Å²) in [5.74, 6) is -0.325. The maximum atomic E-state index is 13.6. The van der Waals surface area contributed by atoms with Gasteiger partial charge in [0.25, 0.3) is 5.56 Å². The molecule has 3 rings (SSSR count). The number of likely N-dealkylation sites (tertiary alicyclic amines) is 1. The zero-order chi connectivity index (χ0) is 15.0. The van der Waals surface area contributed by atoms with Gasteiger partial charge in [-0.05, 0) is 49.4 Å². The van der Waals surface area contributed by atoms with Gasteiger partial charge in [0, 0.05) is 24.5 Å². The van der Waals surface area contributed by atoms with Gasteiger partial charge in [0.15, 0.2) is 0 Å². The molecule has 0 aliphatic carbocycles. The second kappa shape index (κ2) is 5.78. The molecule has 1 aliphatic rings. The van der Waals surface area contributed by atoms with Crippen molar-refractivity contribution in [3.63, 3.8) is 0 Å². The van der Waals surface area contributed by atoms with Crippen LogP contribution in [-0.2, 0) is 0 Å². The highest BCUT2D eigenvalue weighted by atomic mass is 35.5. The molecule has 0 bridgehead atoms. The molecule has 21 heavy (non-hydrogen) atoms. The Balaban J connectivity index is 2.04. The van der Waals surface area contributed by atoms with E-state index in [-0.39, 0.29) is 22.9 Å². The van der Waals surface area contributed by atoms with Crippen LogP contribution in [0.5, 0.6) is 0 Å². The van der Waals surface area contributed by atoms with Crippen molar-refractivity contribution in [1.29, 1.82) is 0 Å². The van der Waals surface area contributed by atoms with E-state index in [0.717, 1.165) is 31.3 Å². The lowest BCUT2D eigenvalue weighted by Gasteiger charge is -2.35. The monoisotopic (exact) mass is 308 g/mol. The van der Waals surface area contributed by atoms with E-state index in [2.05, 4.69) is 4.90 Å². The van der Waals surface area contributed by atoms with Gasteiger partial charge in [0.05, 0.1) is 11.7 Å². The van der Waals surface area contributed by atoms with Gasteiger partial charge < -0.3 is 0 Å². The summed E-state index contributed by atoms with van der Waals surface area (Å²) >= 11 is 6.13. The molecule has 1 saturated heterocycles. The lowest BCUT2D eigenvalue weighted by Crippen LogP contribution is -2.41. The number of hydrogen-bond donors (Lipinski definition) is 0. The van der Waals surface area contributed by atoms with Crippen molar-refractivity contribution in [3.8, 4) is 0 Å². The fourth-order valence-electron chi connectivity index (χ4n) is 3.02. The maximum absolute atomic E-state index is 13.6. The van der Waals surface area contributed by atoms with Crippen molar-refractivity contribution < 1.29 is 4.39 Å². The van der Waals surface area contributed by atoms with Crippen LogP contribution in [0, 0.1) is 5.82 Å². The number of alkyl halides is 1. The number of aromatic nitrogens is 1. The topological polar surface area (TPSA) is 25.2 Å². The van der Waals surface area contributed by atoms with Crippen molar-refractivity contribution in [3.05, 3.63) is 46.5 Å². The Hall–Kier alpha value is -1.39. The molecule has 1 aliphatic heterocycles. The van der Waals surface area contributed by atoms with E-state index in [0.29, 0.717) is 5.52 Å². The molecule has 1 fully saturated rings. The van der Waals surface area contributed by atoms with E-state index in [1.165, 1.54) is 12.1 Å². The standard InChI is InChI=1S/C16H18ClFN2O/c1-11(19-8-6-13(17)7-9-19)20-15-10-14(18)4-2-12(15)3-5-16(20)21/h2-5,10-11,13H,6-9H2,1H3. The van der Waals surface area contributed by atoms with Gasteiger partial charge in [-0.15, -0.1) is 11.6 Å². The highest BCUT2D eigenvalue weighted by Crippen LogP contribution is 2.24. The van der Waals surface area contributed by atoms with Gasteiger partial charge in [-0.2, -0.15) is 0 Å². The quantitative estimate of drug-likeness (QED) is 0.795. The van der Waals surface area contributed by atoms with E-state index >= 15 is 0 Å². The predicted molar refractivity (Wildman–Crippen MR) is 83.3 cm³/mol. The minimum Gasteiger partial charge on any atom is -0.292 e. The number of benzene rings is 1. The minimum absolute atomic E-state index is 0.103. The third-order valence-corrected chi connectivity index (χ3v) is 4.69. The number of rotatable bonds is 2. The van der Waals surface area contributed by atoms with E-state index < -0.39 is 0 Å². The summed E-state index contributed by atoms with van der Waals surface area (Å²) in [5.41, 5.74) is 0.539. The Bertz CT molecular complexity index is 707.